The van der Waals surface area contributed by atoms with Crippen LogP contribution in [0.4, 0.5) is 26.3 Å². The van der Waals surface area contributed by atoms with Crippen molar-refractivity contribution in [3.8, 4) is 0 Å². The molecule has 15 heavy (non-hydrogen) atoms. The summed E-state index contributed by atoms with van der Waals surface area (Å²) in [4.78, 5) is 0. The summed E-state index contributed by atoms with van der Waals surface area (Å²) in [5.41, 5.74) is -4.95. The number of nitrogens with one attached hydrogen (secondary N) is 1. The molecular weight excluding hydrogens is 250 g/mol. The lowest BCUT2D eigenvalue weighted by Crippen LogP contribution is -2.43. The molecule has 3 nitrogen and oxygen atoms in total. The van der Waals surface area contributed by atoms with E-state index in [1.54, 1.807) is 0 Å². The first-order valence-electron chi connectivity index (χ1n) is 3.44. The van der Waals surface area contributed by atoms with Gasteiger partial charge in [0.05, 0.1) is 0 Å². The smallest absolute Gasteiger partial charge is 0.262 e. The maximum Gasteiger partial charge on any atom is 0.524 e. The van der Waals surface area contributed by atoms with E-state index >= 15 is 0 Å². The van der Waals surface area contributed by atoms with Crippen molar-refractivity contribution in [2.45, 2.75) is 17.4 Å². The summed E-state index contributed by atoms with van der Waals surface area (Å²) in [6.45, 7) is 0. The number of hydrogen-bond acceptors (Lipinski definition) is 4. The van der Waals surface area contributed by atoms with Gasteiger partial charge in [-0.1, -0.05) is 0 Å². The lowest BCUT2D eigenvalue weighted by Gasteiger charge is -2.27. The van der Waals surface area contributed by atoms with E-state index in [9.17, 15) is 26.3 Å². The fourth-order valence-electron chi connectivity index (χ4n) is 0.516. The minimum absolute atomic E-state index is 0.547. The van der Waals surface area contributed by atoms with E-state index in [4.69, 9.17) is 0 Å². The third kappa shape index (κ3) is 7.71. The van der Waals surface area contributed by atoms with Crippen molar-refractivity contribution in [3.63, 3.8) is 0 Å². The lowest BCUT2D eigenvalue weighted by atomic mass is 11.0. The van der Waals surface area contributed by atoms with Crippen LogP contribution in [0.1, 0.15) is 0 Å². The van der Waals surface area contributed by atoms with Crippen LogP contribution in [0.15, 0.2) is 0 Å². The molecule has 0 aliphatic heterocycles. The molecule has 0 amide bonds. The van der Waals surface area contributed by atoms with Gasteiger partial charge in [0.2, 0.25) is 0 Å². The van der Waals surface area contributed by atoms with Crippen LogP contribution in [-0.4, -0.2) is 36.5 Å². The van der Waals surface area contributed by atoms with Gasteiger partial charge in [-0.05, 0) is 18.8 Å². The number of rotatable bonds is 4. The molecule has 1 atom stereocenters. The Balaban J connectivity index is 4.46. The number of hydrogen-bond donors (Lipinski definition) is 1. The molecule has 92 valence electrons. The molecule has 0 aliphatic rings. The first-order valence-corrected chi connectivity index (χ1v) is 4.32. The van der Waals surface area contributed by atoms with Gasteiger partial charge in [0.25, 0.3) is 0 Å². The highest BCUT2D eigenvalue weighted by atomic mass is 32.2. The summed E-state index contributed by atoms with van der Waals surface area (Å²) in [7, 11) is 2.17. The number of alkyl halides is 6. The Labute approximate surface area is 85.7 Å². The predicted molar refractivity (Wildman–Crippen MR) is 41.4 cm³/mol. The van der Waals surface area contributed by atoms with Gasteiger partial charge in [-0.3, -0.25) is 10.2 Å². The van der Waals surface area contributed by atoms with Gasteiger partial charge in [-0.2, -0.15) is 13.2 Å². The van der Waals surface area contributed by atoms with E-state index in [0.29, 0.717) is 5.01 Å². The molecular formula is C5H8F6N2OS. The molecule has 0 aromatic carbocycles. The number of thioether (sulfide) groups is 1. The van der Waals surface area contributed by atoms with Crippen LogP contribution in [0, 0.1) is 0 Å². The van der Waals surface area contributed by atoms with Crippen LogP contribution in [-0.2, 0) is 4.74 Å². The number of ether oxygens (including phenoxy) is 1. The van der Waals surface area contributed by atoms with Gasteiger partial charge >= 0.3 is 11.9 Å². The molecule has 0 saturated heterocycles. The summed E-state index contributed by atoms with van der Waals surface area (Å²) in [6, 6.07) is 0. The topological polar surface area (TPSA) is 24.5 Å². The van der Waals surface area contributed by atoms with Crippen molar-refractivity contribution in [3.05, 3.63) is 0 Å². The summed E-state index contributed by atoms with van der Waals surface area (Å²) in [5, 5.41) is 0.547. The first-order chi connectivity index (χ1) is 6.55. The fourth-order valence-corrected chi connectivity index (χ4v) is 1.17. The normalized spacial score (nSPS) is 15.8. The van der Waals surface area contributed by atoms with Crippen molar-refractivity contribution in [1.82, 2.24) is 10.4 Å². The Morgan fingerprint density at radius 3 is 1.93 bits per heavy atom. The largest absolute Gasteiger partial charge is 0.524 e. The second-order valence-electron chi connectivity index (χ2n) is 2.27. The molecule has 0 radical (unpaired) electrons. The lowest BCUT2D eigenvalue weighted by molar-refractivity contribution is -0.346. The summed E-state index contributed by atoms with van der Waals surface area (Å²) < 4.78 is 73.9. The number of hydrazine groups is 1. The second kappa shape index (κ2) is 5.23. The average Bonchev–Trinajstić information content (AvgIpc) is 1.96. The zero-order chi connectivity index (χ0) is 12.3. The zero-order valence-electron chi connectivity index (χ0n) is 7.61. The van der Waals surface area contributed by atoms with Crippen molar-refractivity contribution in [2.75, 3.05) is 14.1 Å². The molecule has 0 rings (SSSR count). The highest BCUT2D eigenvalue weighted by molar-refractivity contribution is 8.00. The molecule has 0 aliphatic carbocycles. The predicted octanol–water partition coefficient (Wildman–Crippen LogP) is 2.13. The Hall–Kier alpha value is -0.190. The fraction of sp³-hybridized carbons (Fsp3) is 1.00. The molecule has 0 fully saturated rings. The van der Waals surface area contributed by atoms with Crippen LogP contribution >= 0.6 is 11.8 Å². The second-order valence-corrected chi connectivity index (χ2v) is 3.37. The van der Waals surface area contributed by atoms with E-state index < -0.39 is 29.2 Å². The Morgan fingerprint density at radius 2 is 1.67 bits per heavy atom. The maximum absolute atomic E-state index is 11.8. The number of halogens is 6. The van der Waals surface area contributed by atoms with E-state index in [-0.39, 0.29) is 0 Å². The molecule has 1 N–H and O–H groups in total. The van der Waals surface area contributed by atoms with Crippen LogP contribution in [0.5, 0.6) is 0 Å². The van der Waals surface area contributed by atoms with E-state index in [1.807, 2.05) is 0 Å². The molecule has 0 bridgehead atoms. The monoisotopic (exact) mass is 258 g/mol. The first kappa shape index (κ1) is 14.8. The molecule has 0 saturated carbocycles. The summed E-state index contributed by atoms with van der Waals surface area (Å²) >= 11 is -0.917. The average molecular weight is 258 g/mol. The van der Waals surface area contributed by atoms with E-state index in [2.05, 4.69) is 10.2 Å². The third-order valence-corrected chi connectivity index (χ3v) is 2.02. The molecule has 0 heterocycles. The van der Waals surface area contributed by atoms with Crippen LogP contribution in [0.2, 0.25) is 0 Å². The Morgan fingerprint density at radius 1 is 1.20 bits per heavy atom. The summed E-state index contributed by atoms with van der Waals surface area (Å²) in [6.07, 6.45) is -5.13. The quantitative estimate of drug-likeness (QED) is 0.474. The highest BCUT2D eigenvalue weighted by Gasteiger charge is 2.42. The van der Waals surface area contributed by atoms with E-state index in [0.717, 1.165) is 7.05 Å². The molecule has 10 heteroatoms. The van der Waals surface area contributed by atoms with Crippen LogP contribution in [0.3, 0.4) is 0 Å². The zero-order valence-corrected chi connectivity index (χ0v) is 8.43. The van der Waals surface area contributed by atoms with Gasteiger partial charge in [0, 0.05) is 7.05 Å². The Bertz CT molecular complexity index is 179. The molecule has 0 spiro atoms. The third-order valence-electron chi connectivity index (χ3n) is 1.14. The minimum atomic E-state index is -5.13. The number of nitrogens with zero attached hydrogens (tertiary/aromatic N) is 1. The van der Waals surface area contributed by atoms with Crippen molar-refractivity contribution < 1.29 is 31.1 Å². The minimum Gasteiger partial charge on any atom is -0.262 e. The maximum atomic E-state index is 11.8. The summed E-state index contributed by atoms with van der Waals surface area (Å²) in [5.74, 6) is 0. The Kier molecular flexibility index (Phi) is 5.17. The van der Waals surface area contributed by atoms with Crippen LogP contribution < -0.4 is 5.43 Å². The van der Waals surface area contributed by atoms with Crippen molar-refractivity contribution >= 4 is 11.8 Å². The standard InChI is InChI=1S/C5H8F6N2OS/c1-12-13(2)3(14-4(6,7)8)15-5(9,10)11/h3,12H,1-2H3. The van der Waals surface area contributed by atoms with Crippen molar-refractivity contribution in [1.29, 1.82) is 0 Å². The van der Waals surface area contributed by atoms with Gasteiger partial charge in [0.15, 0.2) is 5.56 Å². The van der Waals surface area contributed by atoms with Gasteiger partial charge < -0.3 is 0 Å². The molecule has 0 aromatic rings. The SMILES string of the molecule is CNN(C)C(OC(F)(F)F)SC(F)(F)F. The van der Waals surface area contributed by atoms with E-state index in [1.165, 1.54) is 7.05 Å². The van der Waals surface area contributed by atoms with Gasteiger partial charge in [-0.15, -0.1) is 13.2 Å². The van der Waals surface area contributed by atoms with Gasteiger partial charge in [-0.25, -0.2) is 5.01 Å². The van der Waals surface area contributed by atoms with Crippen LogP contribution in [0.25, 0.3) is 0 Å². The highest BCUT2D eigenvalue weighted by Crippen LogP contribution is 2.37. The van der Waals surface area contributed by atoms with Crippen molar-refractivity contribution in [2.24, 2.45) is 0 Å². The molecule has 1 unspecified atom stereocenters. The van der Waals surface area contributed by atoms with Gasteiger partial charge in [0.1, 0.15) is 0 Å². The molecule has 0 aromatic heterocycles.